The Morgan fingerprint density at radius 1 is 1.41 bits per heavy atom. The zero-order valence-corrected chi connectivity index (χ0v) is 16.9. The van der Waals surface area contributed by atoms with E-state index in [1.165, 1.54) is 16.2 Å². The van der Waals surface area contributed by atoms with E-state index in [4.69, 9.17) is 16.3 Å². The Morgan fingerprint density at radius 3 is 2.85 bits per heavy atom. The Labute approximate surface area is 167 Å². The highest BCUT2D eigenvalue weighted by molar-refractivity contribution is 7.15. The molecule has 0 radical (unpaired) electrons. The van der Waals surface area contributed by atoms with E-state index in [0.29, 0.717) is 28.9 Å². The monoisotopic (exact) mass is 407 g/mol. The molecule has 1 N–H and O–H groups in total. The molecule has 1 saturated heterocycles. The number of carbonyl (C=O) groups excluding carboxylic acids is 2. The minimum Gasteiger partial charge on any atom is -0.376 e. The summed E-state index contributed by atoms with van der Waals surface area (Å²) in [5.41, 5.74) is 1.34. The van der Waals surface area contributed by atoms with Crippen molar-refractivity contribution in [3.8, 4) is 0 Å². The fourth-order valence-corrected chi connectivity index (χ4v) is 3.94. The van der Waals surface area contributed by atoms with Crippen molar-refractivity contribution in [1.29, 1.82) is 0 Å². The number of carbonyl (C=O) groups is 2. The number of aryl methyl sites for hydroxylation is 2. The quantitative estimate of drug-likeness (QED) is 0.792. The topological polar surface area (TPSA) is 71.5 Å². The second-order valence-electron chi connectivity index (χ2n) is 6.54. The van der Waals surface area contributed by atoms with Gasteiger partial charge in [0.15, 0.2) is 5.13 Å². The molecule has 0 aliphatic carbocycles. The van der Waals surface area contributed by atoms with Gasteiger partial charge in [0.05, 0.1) is 11.8 Å². The van der Waals surface area contributed by atoms with E-state index < -0.39 is 0 Å². The molecular formula is C19H22ClN3O3S. The van der Waals surface area contributed by atoms with Crippen LogP contribution in [0.2, 0.25) is 5.02 Å². The van der Waals surface area contributed by atoms with Crippen LogP contribution in [-0.2, 0) is 9.53 Å². The van der Waals surface area contributed by atoms with Gasteiger partial charge in [0, 0.05) is 28.6 Å². The molecule has 1 aliphatic rings. The molecule has 144 valence electrons. The summed E-state index contributed by atoms with van der Waals surface area (Å²) in [5.74, 6) is -0.522. The van der Waals surface area contributed by atoms with Crippen LogP contribution in [-0.4, -0.2) is 47.5 Å². The summed E-state index contributed by atoms with van der Waals surface area (Å²) < 4.78 is 5.65. The van der Waals surface area contributed by atoms with Gasteiger partial charge < -0.3 is 15.0 Å². The second-order valence-corrected chi connectivity index (χ2v) is 8.18. The number of rotatable bonds is 6. The third-order valence-corrected chi connectivity index (χ3v) is 5.64. The third kappa shape index (κ3) is 5.28. The Balaban J connectivity index is 1.72. The first kappa shape index (κ1) is 19.8. The van der Waals surface area contributed by atoms with Gasteiger partial charge in [-0.15, -0.1) is 11.3 Å². The summed E-state index contributed by atoms with van der Waals surface area (Å²) in [6.45, 7) is 4.84. The van der Waals surface area contributed by atoms with Gasteiger partial charge in [-0.3, -0.25) is 9.59 Å². The van der Waals surface area contributed by atoms with Crippen LogP contribution in [0, 0.1) is 13.8 Å². The average molecular weight is 408 g/mol. The first-order valence-corrected chi connectivity index (χ1v) is 10.0. The first-order chi connectivity index (χ1) is 12.9. The summed E-state index contributed by atoms with van der Waals surface area (Å²) in [5, 5.41) is 3.81. The molecule has 0 unspecified atom stereocenters. The van der Waals surface area contributed by atoms with Crippen LogP contribution in [0.4, 0.5) is 5.13 Å². The molecule has 2 amide bonds. The molecule has 1 aromatic heterocycles. The van der Waals surface area contributed by atoms with Crippen molar-refractivity contribution in [1.82, 2.24) is 9.88 Å². The van der Waals surface area contributed by atoms with Crippen molar-refractivity contribution in [2.75, 3.05) is 25.0 Å². The molecule has 0 spiro atoms. The summed E-state index contributed by atoms with van der Waals surface area (Å²) >= 11 is 7.43. The lowest BCUT2D eigenvalue weighted by molar-refractivity contribution is -0.117. The van der Waals surface area contributed by atoms with E-state index in [2.05, 4.69) is 10.3 Å². The van der Waals surface area contributed by atoms with E-state index in [1.54, 1.807) is 24.3 Å². The van der Waals surface area contributed by atoms with E-state index in [9.17, 15) is 9.59 Å². The van der Waals surface area contributed by atoms with Gasteiger partial charge >= 0.3 is 0 Å². The molecule has 6 nitrogen and oxygen atoms in total. The van der Waals surface area contributed by atoms with Crippen molar-refractivity contribution in [3.05, 3.63) is 45.4 Å². The van der Waals surface area contributed by atoms with Crippen LogP contribution in [0.25, 0.3) is 0 Å². The lowest BCUT2D eigenvalue weighted by Crippen LogP contribution is -2.42. The van der Waals surface area contributed by atoms with Gasteiger partial charge in [-0.2, -0.15) is 0 Å². The van der Waals surface area contributed by atoms with Crippen LogP contribution < -0.4 is 5.32 Å². The summed E-state index contributed by atoms with van der Waals surface area (Å²) in [4.78, 5) is 32.4. The van der Waals surface area contributed by atoms with Gasteiger partial charge in [0.25, 0.3) is 5.91 Å². The zero-order valence-electron chi connectivity index (χ0n) is 15.3. The van der Waals surface area contributed by atoms with E-state index >= 15 is 0 Å². The summed E-state index contributed by atoms with van der Waals surface area (Å²) in [6, 6.07) is 6.74. The molecule has 0 saturated carbocycles. The van der Waals surface area contributed by atoms with E-state index in [0.717, 1.165) is 23.4 Å². The number of aromatic nitrogens is 1. The average Bonchev–Trinajstić information content (AvgIpc) is 3.23. The largest absolute Gasteiger partial charge is 0.376 e. The second kappa shape index (κ2) is 8.82. The van der Waals surface area contributed by atoms with Gasteiger partial charge in [-0.25, -0.2) is 4.98 Å². The molecule has 2 heterocycles. The summed E-state index contributed by atoms with van der Waals surface area (Å²) in [6.07, 6.45) is 1.80. The Kier molecular flexibility index (Phi) is 6.46. The molecule has 8 heteroatoms. The number of halogens is 1. The highest BCUT2D eigenvalue weighted by atomic mass is 35.5. The van der Waals surface area contributed by atoms with Crippen LogP contribution in [0.15, 0.2) is 24.3 Å². The first-order valence-electron chi connectivity index (χ1n) is 8.82. The van der Waals surface area contributed by atoms with Gasteiger partial charge in [0.1, 0.15) is 6.54 Å². The number of nitrogens with one attached hydrogen (secondary N) is 1. The van der Waals surface area contributed by atoms with Crippen LogP contribution in [0.3, 0.4) is 0 Å². The SMILES string of the molecule is Cc1nc(NC(=O)CN(C[C@H]2CCCO2)C(=O)c2cccc(Cl)c2)sc1C. The predicted octanol–water partition coefficient (Wildman–Crippen LogP) is 3.67. The van der Waals surface area contributed by atoms with Crippen LogP contribution >= 0.6 is 22.9 Å². The van der Waals surface area contributed by atoms with Gasteiger partial charge in [0.2, 0.25) is 5.91 Å². The van der Waals surface area contributed by atoms with Crippen LogP contribution in [0.1, 0.15) is 33.8 Å². The van der Waals surface area contributed by atoms with Crippen molar-refractivity contribution >= 4 is 39.9 Å². The number of amides is 2. The Morgan fingerprint density at radius 2 is 2.22 bits per heavy atom. The molecule has 1 fully saturated rings. The normalized spacial score (nSPS) is 16.3. The van der Waals surface area contributed by atoms with Crippen LogP contribution in [0.5, 0.6) is 0 Å². The van der Waals surface area contributed by atoms with E-state index in [-0.39, 0.29) is 24.5 Å². The number of benzene rings is 1. The maximum absolute atomic E-state index is 12.9. The van der Waals surface area contributed by atoms with E-state index in [1.807, 2.05) is 13.8 Å². The highest BCUT2D eigenvalue weighted by Gasteiger charge is 2.25. The smallest absolute Gasteiger partial charge is 0.254 e. The highest BCUT2D eigenvalue weighted by Crippen LogP contribution is 2.21. The maximum Gasteiger partial charge on any atom is 0.254 e. The number of hydrogen-bond donors (Lipinski definition) is 1. The molecule has 2 aromatic rings. The van der Waals surface area contributed by atoms with Crippen molar-refractivity contribution < 1.29 is 14.3 Å². The number of thiazole rings is 1. The number of ether oxygens (including phenoxy) is 1. The molecule has 1 atom stereocenters. The van der Waals surface area contributed by atoms with Gasteiger partial charge in [-0.1, -0.05) is 17.7 Å². The molecule has 0 bridgehead atoms. The maximum atomic E-state index is 12.9. The molecule has 1 aromatic carbocycles. The fraction of sp³-hybridized carbons (Fsp3) is 0.421. The number of hydrogen-bond acceptors (Lipinski definition) is 5. The predicted molar refractivity (Wildman–Crippen MR) is 107 cm³/mol. The van der Waals surface area contributed by atoms with Crippen molar-refractivity contribution in [3.63, 3.8) is 0 Å². The molecule has 27 heavy (non-hydrogen) atoms. The molecular weight excluding hydrogens is 386 g/mol. The number of nitrogens with zero attached hydrogens (tertiary/aromatic N) is 2. The third-order valence-electron chi connectivity index (χ3n) is 4.42. The Bertz CT molecular complexity index is 814. The Hall–Kier alpha value is -1.96. The van der Waals surface area contributed by atoms with Crippen molar-refractivity contribution in [2.24, 2.45) is 0 Å². The molecule has 3 rings (SSSR count). The standard InChI is InChI=1S/C19H22ClN3O3S/c1-12-13(2)27-19(21-12)22-17(24)11-23(10-16-7-4-8-26-16)18(25)14-5-3-6-15(20)9-14/h3,5-6,9,16H,4,7-8,10-11H2,1-2H3,(H,21,22,24)/t16-/m1/s1. The number of anilines is 1. The van der Waals surface area contributed by atoms with Crippen molar-refractivity contribution in [2.45, 2.75) is 32.8 Å². The molecule has 1 aliphatic heterocycles. The fourth-order valence-electron chi connectivity index (χ4n) is 2.92. The minimum atomic E-state index is -0.280. The van der Waals surface area contributed by atoms with Gasteiger partial charge in [-0.05, 0) is 44.9 Å². The lowest BCUT2D eigenvalue weighted by Gasteiger charge is -2.25. The minimum absolute atomic E-state index is 0.0507. The zero-order chi connectivity index (χ0) is 19.4. The lowest BCUT2D eigenvalue weighted by atomic mass is 10.1. The summed E-state index contributed by atoms with van der Waals surface area (Å²) in [7, 11) is 0.